The maximum atomic E-state index is 13.6. The van der Waals surface area contributed by atoms with Gasteiger partial charge >= 0.3 is 0 Å². The number of aliphatic hydroxyl groups is 1. The summed E-state index contributed by atoms with van der Waals surface area (Å²) in [6.07, 6.45) is 3.17. The molecule has 1 saturated heterocycles. The minimum absolute atomic E-state index is 0.0269. The van der Waals surface area contributed by atoms with Gasteiger partial charge in [0.05, 0.1) is 31.4 Å². The van der Waals surface area contributed by atoms with Crippen molar-refractivity contribution in [2.45, 2.75) is 53.0 Å². The summed E-state index contributed by atoms with van der Waals surface area (Å²) in [5.74, 6) is -0.0108. The van der Waals surface area contributed by atoms with E-state index in [9.17, 15) is 14.7 Å². The normalized spacial score (nSPS) is 16.3. The molecule has 1 heterocycles. The van der Waals surface area contributed by atoms with E-state index >= 15 is 0 Å². The summed E-state index contributed by atoms with van der Waals surface area (Å²) >= 11 is 0. The fourth-order valence-electron chi connectivity index (χ4n) is 4.85. The Bertz CT molecular complexity index is 1380. The van der Waals surface area contributed by atoms with Gasteiger partial charge in [0, 0.05) is 17.3 Å². The molecule has 40 heavy (non-hydrogen) atoms. The number of aryl methyl sites for hydroxylation is 1. The summed E-state index contributed by atoms with van der Waals surface area (Å²) in [5.41, 5.74) is 2.60. The highest BCUT2D eigenvalue weighted by Gasteiger charge is 2.47. The molecule has 1 atom stereocenters. The van der Waals surface area contributed by atoms with E-state index in [2.05, 4.69) is 6.92 Å². The lowest BCUT2D eigenvalue weighted by molar-refractivity contribution is -0.132. The van der Waals surface area contributed by atoms with Crippen molar-refractivity contribution in [3.05, 3.63) is 89.0 Å². The summed E-state index contributed by atoms with van der Waals surface area (Å²) < 4.78 is 17.3. The highest BCUT2D eigenvalue weighted by molar-refractivity contribution is 6.51. The lowest BCUT2D eigenvalue weighted by Crippen LogP contribution is -2.29. The molecular weight excluding hydrogens is 506 g/mol. The van der Waals surface area contributed by atoms with E-state index in [4.69, 9.17) is 14.2 Å². The van der Waals surface area contributed by atoms with Gasteiger partial charge in [0.1, 0.15) is 11.5 Å². The molecule has 7 heteroatoms. The molecular formula is C33H37NO6. The van der Waals surface area contributed by atoms with Gasteiger partial charge in [0.2, 0.25) is 0 Å². The monoisotopic (exact) mass is 543 g/mol. The SMILES string of the molecule is CCCCCOc1ccc(/C(O)=C2\C(=O)C(=O)N(c3ccc(OCC)c(OCC)c3)C2c2cccc(C)c2)cc1. The lowest BCUT2D eigenvalue weighted by Gasteiger charge is -2.26. The Morgan fingerprint density at radius 3 is 2.25 bits per heavy atom. The van der Waals surface area contributed by atoms with Crippen LogP contribution in [0.5, 0.6) is 17.2 Å². The molecule has 1 unspecified atom stereocenters. The molecule has 1 amide bonds. The van der Waals surface area contributed by atoms with Crippen LogP contribution in [0.25, 0.3) is 5.76 Å². The lowest BCUT2D eigenvalue weighted by atomic mass is 9.94. The van der Waals surface area contributed by atoms with Crippen molar-refractivity contribution in [3.8, 4) is 17.2 Å². The molecule has 4 rings (SSSR count). The van der Waals surface area contributed by atoms with Crippen LogP contribution in [0.3, 0.4) is 0 Å². The highest BCUT2D eigenvalue weighted by atomic mass is 16.5. The number of hydrogen-bond acceptors (Lipinski definition) is 6. The Balaban J connectivity index is 1.78. The van der Waals surface area contributed by atoms with Crippen LogP contribution >= 0.6 is 0 Å². The van der Waals surface area contributed by atoms with Crippen molar-refractivity contribution in [2.75, 3.05) is 24.7 Å². The van der Waals surface area contributed by atoms with Crippen LogP contribution in [0, 0.1) is 6.92 Å². The second kappa shape index (κ2) is 13.2. The van der Waals surface area contributed by atoms with Crippen molar-refractivity contribution < 1.29 is 28.9 Å². The zero-order chi connectivity index (χ0) is 28.6. The van der Waals surface area contributed by atoms with Crippen LogP contribution in [0.2, 0.25) is 0 Å². The van der Waals surface area contributed by atoms with Gasteiger partial charge in [0.25, 0.3) is 11.7 Å². The molecule has 0 spiro atoms. The number of nitrogens with zero attached hydrogens (tertiary/aromatic N) is 1. The molecule has 7 nitrogen and oxygen atoms in total. The van der Waals surface area contributed by atoms with Crippen molar-refractivity contribution in [1.82, 2.24) is 0 Å². The third-order valence-electron chi connectivity index (χ3n) is 6.75. The first-order valence-electron chi connectivity index (χ1n) is 13.9. The summed E-state index contributed by atoms with van der Waals surface area (Å²) in [7, 11) is 0. The summed E-state index contributed by atoms with van der Waals surface area (Å²) in [6.45, 7) is 9.30. The fraction of sp³-hybridized carbons (Fsp3) is 0.333. The molecule has 3 aromatic rings. The second-order valence-electron chi connectivity index (χ2n) is 9.66. The van der Waals surface area contributed by atoms with Gasteiger partial charge in [-0.05, 0) is 69.2 Å². The van der Waals surface area contributed by atoms with Crippen LogP contribution in [0.1, 0.15) is 62.8 Å². The van der Waals surface area contributed by atoms with E-state index in [-0.39, 0.29) is 11.3 Å². The molecule has 1 N–H and O–H groups in total. The van der Waals surface area contributed by atoms with Gasteiger partial charge < -0.3 is 19.3 Å². The van der Waals surface area contributed by atoms with E-state index in [0.29, 0.717) is 53.9 Å². The molecule has 0 saturated carbocycles. The van der Waals surface area contributed by atoms with E-state index < -0.39 is 17.7 Å². The molecule has 210 valence electrons. The first-order valence-corrected chi connectivity index (χ1v) is 13.9. The number of ether oxygens (including phenoxy) is 3. The van der Waals surface area contributed by atoms with Crippen LogP contribution in [-0.2, 0) is 9.59 Å². The average molecular weight is 544 g/mol. The Morgan fingerprint density at radius 2 is 1.57 bits per heavy atom. The van der Waals surface area contributed by atoms with Gasteiger partial charge in [-0.1, -0.05) is 49.6 Å². The summed E-state index contributed by atoms with van der Waals surface area (Å²) in [6, 6.07) is 18.9. The minimum Gasteiger partial charge on any atom is -0.507 e. The molecule has 0 aliphatic carbocycles. The molecule has 3 aromatic carbocycles. The number of ketones is 1. The predicted octanol–water partition coefficient (Wildman–Crippen LogP) is 6.99. The molecule has 1 aliphatic heterocycles. The first kappa shape index (κ1) is 28.7. The average Bonchev–Trinajstić information content (AvgIpc) is 3.22. The number of anilines is 1. The van der Waals surface area contributed by atoms with Crippen molar-refractivity contribution in [2.24, 2.45) is 0 Å². The number of unbranched alkanes of at least 4 members (excludes halogenated alkanes) is 2. The molecule has 0 radical (unpaired) electrons. The van der Waals surface area contributed by atoms with Crippen LogP contribution in [0.4, 0.5) is 5.69 Å². The van der Waals surface area contributed by atoms with Crippen LogP contribution in [0.15, 0.2) is 72.3 Å². The minimum atomic E-state index is -0.836. The van der Waals surface area contributed by atoms with Gasteiger partial charge in [-0.3, -0.25) is 14.5 Å². The van der Waals surface area contributed by atoms with Gasteiger partial charge in [0.15, 0.2) is 11.5 Å². The number of carbonyl (C=O) groups is 2. The standard InChI is InChI=1S/C33H37NO6/c1-5-8-9-19-40-26-16-13-23(14-17-26)31(35)29-30(24-12-10-11-22(4)20-24)34(33(37)32(29)36)25-15-18-27(38-6-2)28(21-25)39-7-3/h10-18,20-21,30,35H,5-9,19H2,1-4H3/b31-29+. The quantitative estimate of drug-likeness (QED) is 0.115. The first-order chi connectivity index (χ1) is 19.4. The Morgan fingerprint density at radius 1 is 0.850 bits per heavy atom. The van der Waals surface area contributed by atoms with E-state index in [1.54, 1.807) is 42.5 Å². The van der Waals surface area contributed by atoms with Crippen LogP contribution in [-0.4, -0.2) is 36.6 Å². The molecule has 1 fully saturated rings. The van der Waals surface area contributed by atoms with E-state index in [0.717, 1.165) is 24.8 Å². The molecule has 1 aliphatic rings. The van der Waals surface area contributed by atoms with E-state index in [1.165, 1.54) is 4.90 Å². The zero-order valence-electron chi connectivity index (χ0n) is 23.6. The number of amides is 1. The van der Waals surface area contributed by atoms with Gasteiger partial charge in [-0.2, -0.15) is 0 Å². The Labute approximate surface area is 236 Å². The molecule has 0 bridgehead atoms. The Kier molecular flexibility index (Phi) is 9.48. The third kappa shape index (κ3) is 6.14. The van der Waals surface area contributed by atoms with E-state index in [1.807, 2.05) is 45.0 Å². The van der Waals surface area contributed by atoms with Crippen molar-refractivity contribution >= 4 is 23.1 Å². The molecule has 0 aromatic heterocycles. The number of benzene rings is 3. The second-order valence-corrected chi connectivity index (χ2v) is 9.66. The summed E-state index contributed by atoms with van der Waals surface area (Å²) in [5, 5.41) is 11.5. The maximum absolute atomic E-state index is 13.6. The number of hydrogen-bond donors (Lipinski definition) is 1. The van der Waals surface area contributed by atoms with Crippen LogP contribution < -0.4 is 19.1 Å². The predicted molar refractivity (Wildman–Crippen MR) is 156 cm³/mol. The smallest absolute Gasteiger partial charge is 0.300 e. The van der Waals surface area contributed by atoms with Gasteiger partial charge in [-0.25, -0.2) is 0 Å². The maximum Gasteiger partial charge on any atom is 0.300 e. The zero-order valence-corrected chi connectivity index (χ0v) is 23.6. The topological polar surface area (TPSA) is 85.3 Å². The largest absolute Gasteiger partial charge is 0.507 e. The highest BCUT2D eigenvalue weighted by Crippen LogP contribution is 2.44. The van der Waals surface area contributed by atoms with Gasteiger partial charge in [-0.15, -0.1) is 0 Å². The number of aliphatic hydroxyl groups excluding tert-OH is 1. The Hall–Kier alpha value is -4.26. The number of Topliss-reactive ketones (excluding diaryl/α,β-unsaturated/α-hetero) is 1. The van der Waals surface area contributed by atoms with Crippen molar-refractivity contribution in [1.29, 1.82) is 0 Å². The van der Waals surface area contributed by atoms with Crippen molar-refractivity contribution in [3.63, 3.8) is 0 Å². The third-order valence-corrected chi connectivity index (χ3v) is 6.75. The number of rotatable bonds is 12. The fourth-order valence-corrected chi connectivity index (χ4v) is 4.85. The number of carbonyl (C=O) groups excluding carboxylic acids is 2. The summed E-state index contributed by atoms with van der Waals surface area (Å²) in [4.78, 5) is 28.5.